The normalized spacial score (nSPS) is 11.4. The molecule has 0 aliphatic heterocycles. The van der Waals surface area contributed by atoms with Gasteiger partial charge in [-0.3, -0.25) is 4.79 Å². The highest BCUT2D eigenvalue weighted by atomic mass is 19.3. The van der Waals surface area contributed by atoms with Crippen LogP contribution in [0.25, 0.3) is 22.8 Å². The Morgan fingerprint density at radius 1 is 1.11 bits per heavy atom. The SMILES string of the molecule is CCC(F)(F)c1cccc(NC(=O)c2c(C)[nH]c(-c3ccc(OC)c(-c4c(C)cccc4C)n3)[n+]2O)c1. The number of methoxy groups -OCH3 is 1. The summed E-state index contributed by atoms with van der Waals surface area (Å²) in [5.41, 5.74) is 4.21. The minimum Gasteiger partial charge on any atom is -0.494 e. The predicted molar refractivity (Wildman–Crippen MR) is 136 cm³/mol. The molecule has 2 heterocycles. The topological polar surface area (TPSA) is 91.1 Å². The first-order valence-corrected chi connectivity index (χ1v) is 11.8. The van der Waals surface area contributed by atoms with Crippen molar-refractivity contribution >= 4 is 11.6 Å². The van der Waals surface area contributed by atoms with Gasteiger partial charge in [0.2, 0.25) is 0 Å². The number of imidazole rings is 1. The maximum atomic E-state index is 14.1. The average molecular weight is 508 g/mol. The molecule has 9 heteroatoms. The van der Waals surface area contributed by atoms with Crippen LogP contribution in [0.3, 0.4) is 0 Å². The molecule has 2 aromatic carbocycles. The average Bonchev–Trinajstić information content (AvgIpc) is 3.17. The van der Waals surface area contributed by atoms with Crippen molar-refractivity contribution in [2.45, 2.75) is 40.0 Å². The predicted octanol–water partition coefficient (Wildman–Crippen LogP) is 5.96. The van der Waals surface area contributed by atoms with Crippen molar-refractivity contribution in [3.63, 3.8) is 0 Å². The van der Waals surface area contributed by atoms with Gasteiger partial charge in [-0.25, -0.2) is 18.7 Å². The number of benzene rings is 2. The fraction of sp³-hybridized carbons (Fsp3) is 0.250. The van der Waals surface area contributed by atoms with Crippen molar-refractivity contribution < 1.29 is 28.2 Å². The molecule has 0 aliphatic rings. The molecule has 0 saturated heterocycles. The highest BCUT2D eigenvalue weighted by Crippen LogP contribution is 2.35. The summed E-state index contributed by atoms with van der Waals surface area (Å²) in [4.78, 5) is 20.8. The number of carbonyl (C=O) groups excluding carboxylic acids is 1. The Morgan fingerprint density at radius 3 is 2.43 bits per heavy atom. The van der Waals surface area contributed by atoms with Gasteiger partial charge in [0.25, 0.3) is 11.6 Å². The lowest BCUT2D eigenvalue weighted by Crippen LogP contribution is -2.39. The van der Waals surface area contributed by atoms with E-state index in [2.05, 4.69) is 10.3 Å². The molecule has 3 N–H and O–H groups in total. The molecule has 0 atom stereocenters. The summed E-state index contributed by atoms with van der Waals surface area (Å²) in [6, 6.07) is 14.9. The number of amides is 1. The Labute approximate surface area is 213 Å². The van der Waals surface area contributed by atoms with E-state index in [1.165, 1.54) is 31.2 Å². The molecule has 0 fully saturated rings. The number of rotatable bonds is 7. The van der Waals surface area contributed by atoms with Crippen LogP contribution < -0.4 is 14.8 Å². The third kappa shape index (κ3) is 4.89. The molecule has 0 saturated carbocycles. The number of hydrogen-bond donors (Lipinski definition) is 3. The Bertz CT molecular complexity index is 1460. The van der Waals surface area contributed by atoms with E-state index in [9.17, 15) is 18.8 Å². The van der Waals surface area contributed by atoms with Crippen molar-refractivity contribution in [2.24, 2.45) is 0 Å². The monoisotopic (exact) mass is 507 g/mol. The molecule has 0 radical (unpaired) electrons. The summed E-state index contributed by atoms with van der Waals surface area (Å²) >= 11 is 0. The number of aromatic nitrogens is 3. The molecule has 7 nitrogen and oxygen atoms in total. The van der Waals surface area contributed by atoms with Crippen LogP contribution in [0.1, 0.15) is 46.2 Å². The molecule has 2 aromatic heterocycles. The number of aryl methyl sites for hydroxylation is 3. The lowest BCUT2D eigenvalue weighted by Gasteiger charge is -2.15. The standard InChI is InChI=1S/C28H28F2N4O3/c1-6-28(29,30)19-11-8-12-20(15-19)32-27(35)25-18(4)31-26(34(25)36)21-13-14-22(37-5)24(33-21)23-16(2)9-7-10-17(23)3/h7-15,36H,6H2,1-5H3,(H,32,35)/p+1. The number of hydrogen-bond acceptors (Lipinski definition) is 4. The third-order valence-electron chi connectivity index (χ3n) is 6.33. The number of halogens is 2. The summed E-state index contributed by atoms with van der Waals surface area (Å²) in [6.45, 7) is 6.98. The first kappa shape index (κ1) is 25.8. The van der Waals surface area contributed by atoms with Crippen molar-refractivity contribution in [2.75, 3.05) is 12.4 Å². The first-order chi connectivity index (χ1) is 17.6. The third-order valence-corrected chi connectivity index (χ3v) is 6.33. The highest BCUT2D eigenvalue weighted by Gasteiger charge is 2.32. The number of H-pyrrole nitrogens is 1. The van der Waals surface area contributed by atoms with E-state index >= 15 is 0 Å². The Balaban J connectivity index is 1.72. The van der Waals surface area contributed by atoms with E-state index in [-0.39, 0.29) is 29.2 Å². The molecule has 4 rings (SSSR count). The van der Waals surface area contributed by atoms with E-state index < -0.39 is 11.8 Å². The molecule has 192 valence electrons. The summed E-state index contributed by atoms with van der Waals surface area (Å²) < 4.78 is 34.5. The van der Waals surface area contributed by atoms with Crippen LogP contribution in [-0.2, 0) is 5.92 Å². The molecular weight excluding hydrogens is 478 g/mol. The van der Waals surface area contributed by atoms with Crippen molar-refractivity contribution in [1.29, 1.82) is 0 Å². The summed E-state index contributed by atoms with van der Waals surface area (Å²) in [5.74, 6) is -2.93. The van der Waals surface area contributed by atoms with Crippen molar-refractivity contribution in [3.8, 4) is 28.5 Å². The highest BCUT2D eigenvalue weighted by molar-refractivity contribution is 6.02. The number of carbonyl (C=O) groups is 1. The van der Waals surface area contributed by atoms with Crippen LogP contribution in [0.4, 0.5) is 14.5 Å². The number of nitrogens with one attached hydrogen (secondary N) is 2. The number of alkyl halides is 2. The largest absolute Gasteiger partial charge is 0.494 e. The quantitative estimate of drug-likeness (QED) is 0.213. The summed E-state index contributed by atoms with van der Waals surface area (Å²) in [6.07, 6.45) is -0.361. The zero-order valence-electron chi connectivity index (χ0n) is 21.3. The Morgan fingerprint density at radius 2 is 1.78 bits per heavy atom. The van der Waals surface area contributed by atoms with Gasteiger partial charge in [-0.1, -0.05) is 37.3 Å². The van der Waals surface area contributed by atoms with Crippen LogP contribution in [-0.4, -0.2) is 28.2 Å². The van der Waals surface area contributed by atoms with E-state index in [4.69, 9.17) is 9.72 Å². The lowest BCUT2D eigenvalue weighted by molar-refractivity contribution is -0.896. The van der Waals surface area contributed by atoms with E-state index in [1.54, 1.807) is 26.2 Å². The van der Waals surface area contributed by atoms with Crippen molar-refractivity contribution in [1.82, 2.24) is 9.97 Å². The van der Waals surface area contributed by atoms with Gasteiger partial charge < -0.3 is 15.3 Å². The molecule has 37 heavy (non-hydrogen) atoms. The zero-order valence-corrected chi connectivity index (χ0v) is 21.3. The first-order valence-electron chi connectivity index (χ1n) is 11.8. The molecule has 0 spiro atoms. The second kappa shape index (κ2) is 10.0. The number of ether oxygens (including phenoxy) is 1. The molecular formula is C28H29F2N4O3+. The fourth-order valence-corrected chi connectivity index (χ4v) is 4.33. The fourth-order valence-electron chi connectivity index (χ4n) is 4.33. The van der Waals surface area contributed by atoms with Gasteiger partial charge in [-0.2, -0.15) is 0 Å². The van der Waals surface area contributed by atoms with Crippen LogP contribution in [0, 0.1) is 20.8 Å². The minimum absolute atomic E-state index is 0.0751. The smallest absolute Gasteiger partial charge is 0.345 e. The zero-order chi connectivity index (χ0) is 26.9. The number of nitrogens with zero attached hydrogens (tertiary/aromatic N) is 2. The van der Waals surface area contributed by atoms with Gasteiger partial charge in [-0.15, -0.1) is 0 Å². The minimum atomic E-state index is -3.01. The molecule has 0 aliphatic carbocycles. The maximum absolute atomic E-state index is 14.1. The van der Waals surface area contributed by atoms with Gasteiger partial charge in [-0.05, 0) is 54.0 Å². The van der Waals surface area contributed by atoms with Crippen LogP contribution >= 0.6 is 0 Å². The summed E-state index contributed by atoms with van der Waals surface area (Å²) in [7, 11) is 1.56. The molecule has 4 aromatic rings. The Hall–Kier alpha value is -4.27. The van der Waals surface area contributed by atoms with Gasteiger partial charge >= 0.3 is 11.7 Å². The van der Waals surface area contributed by atoms with E-state index in [0.717, 1.165) is 21.4 Å². The number of anilines is 1. The molecule has 0 bridgehead atoms. The number of aromatic amines is 1. The lowest BCUT2D eigenvalue weighted by atomic mass is 9.99. The van der Waals surface area contributed by atoms with Gasteiger partial charge in [0.1, 0.15) is 11.4 Å². The van der Waals surface area contributed by atoms with E-state index in [1.807, 2.05) is 32.0 Å². The van der Waals surface area contributed by atoms with Gasteiger partial charge in [0, 0.05) is 30.2 Å². The van der Waals surface area contributed by atoms with Crippen LogP contribution in [0.5, 0.6) is 5.75 Å². The number of pyridine rings is 1. The van der Waals surface area contributed by atoms with Crippen LogP contribution in [0.2, 0.25) is 0 Å². The van der Waals surface area contributed by atoms with E-state index in [0.29, 0.717) is 22.8 Å². The second-order valence-corrected chi connectivity index (χ2v) is 8.87. The molecule has 1 amide bonds. The van der Waals surface area contributed by atoms with Gasteiger partial charge in [0.15, 0.2) is 11.4 Å². The molecule has 0 unspecified atom stereocenters. The maximum Gasteiger partial charge on any atom is 0.345 e. The van der Waals surface area contributed by atoms with Crippen LogP contribution in [0.15, 0.2) is 54.6 Å². The van der Waals surface area contributed by atoms with Gasteiger partial charge in [0.05, 0.1) is 7.11 Å². The van der Waals surface area contributed by atoms with Crippen molar-refractivity contribution in [3.05, 3.63) is 82.7 Å². The second-order valence-electron chi connectivity index (χ2n) is 8.87. The Kier molecular flexibility index (Phi) is 6.98. The summed E-state index contributed by atoms with van der Waals surface area (Å²) in [5, 5.41) is 13.6.